The Morgan fingerprint density at radius 3 is 2.94 bits per heavy atom. The molecule has 100 valence electrons. The van der Waals surface area contributed by atoms with Crippen molar-refractivity contribution in [3.8, 4) is 0 Å². The van der Waals surface area contributed by atoms with Crippen molar-refractivity contribution in [1.82, 2.24) is 10.2 Å². The maximum absolute atomic E-state index is 3.46. The summed E-state index contributed by atoms with van der Waals surface area (Å²) in [6.07, 6.45) is 2.45. The van der Waals surface area contributed by atoms with E-state index in [1.54, 1.807) is 0 Å². The Bertz CT molecular complexity index is 342. The lowest BCUT2D eigenvalue weighted by atomic mass is 10.1. The van der Waals surface area contributed by atoms with Crippen molar-refractivity contribution in [2.75, 3.05) is 33.2 Å². The van der Waals surface area contributed by atoms with Crippen molar-refractivity contribution < 1.29 is 0 Å². The first-order valence-corrected chi connectivity index (χ1v) is 7.81. The Hall–Kier alpha value is -0.510. The lowest BCUT2D eigenvalue weighted by molar-refractivity contribution is 0.332. The van der Waals surface area contributed by atoms with Gasteiger partial charge in [-0.1, -0.05) is 25.1 Å². The number of benzene rings is 1. The molecule has 2 rings (SSSR count). The normalized spacial score (nSPS) is 18.3. The molecule has 18 heavy (non-hydrogen) atoms. The zero-order valence-corrected chi connectivity index (χ0v) is 12.3. The molecule has 1 aliphatic rings. The molecule has 0 aromatic heterocycles. The monoisotopic (exact) mass is 264 g/mol. The van der Waals surface area contributed by atoms with E-state index in [0.29, 0.717) is 0 Å². The third-order valence-electron chi connectivity index (χ3n) is 3.33. The summed E-state index contributed by atoms with van der Waals surface area (Å²) in [6, 6.07) is 8.82. The van der Waals surface area contributed by atoms with Gasteiger partial charge in [0, 0.05) is 29.8 Å². The van der Waals surface area contributed by atoms with Crippen LogP contribution in [-0.2, 0) is 6.42 Å². The summed E-state index contributed by atoms with van der Waals surface area (Å²) >= 11 is 2.05. The number of hydrogen-bond donors (Lipinski definition) is 1. The molecule has 2 nitrogen and oxygen atoms in total. The molecular weight excluding hydrogens is 240 g/mol. The molecule has 3 heteroatoms. The van der Waals surface area contributed by atoms with Crippen LogP contribution in [0.3, 0.4) is 0 Å². The zero-order chi connectivity index (χ0) is 12.8. The lowest BCUT2D eigenvalue weighted by Crippen LogP contribution is -2.33. The predicted molar refractivity (Wildman–Crippen MR) is 80.4 cm³/mol. The molecule has 0 saturated heterocycles. The molecule has 1 N–H and O–H groups in total. The first-order chi connectivity index (χ1) is 8.79. The van der Waals surface area contributed by atoms with Crippen LogP contribution in [0.5, 0.6) is 0 Å². The summed E-state index contributed by atoms with van der Waals surface area (Å²) in [6.45, 7) is 6.79. The molecule has 0 aliphatic carbocycles. The van der Waals surface area contributed by atoms with Crippen LogP contribution >= 0.6 is 11.8 Å². The maximum Gasteiger partial charge on any atom is 0.0263 e. The molecule has 0 bridgehead atoms. The third kappa shape index (κ3) is 4.01. The highest BCUT2D eigenvalue weighted by Gasteiger charge is 2.22. The number of likely N-dealkylation sites (N-methyl/N-ethyl adjacent to an activating group) is 1. The smallest absolute Gasteiger partial charge is 0.0263 e. The van der Waals surface area contributed by atoms with E-state index in [9.17, 15) is 0 Å². The van der Waals surface area contributed by atoms with Crippen LogP contribution in [0.1, 0.15) is 18.9 Å². The minimum absolute atomic E-state index is 0.735. The molecule has 1 heterocycles. The van der Waals surface area contributed by atoms with Gasteiger partial charge in [-0.15, -0.1) is 11.8 Å². The van der Waals surface area contributed by atoms with Gasteiger partial charge in [0.1, 0.15) is 0 Å². The molecule has 1 unspecified atom stereocenters. The highest BCUT2D eigenvalue weighted by atomic mass is 32.2. The van der Waals surface area contributed by atoms with Crippen molar-refractivity contribution in [1.29, 1.82) is 0 Å². The van der Waals surface area contributed by atoms with Gasteiger partial charge in [-0.2, -0.15) is 0 Å². The summed E-state index contributed by atoms with van der Waals surface area (Å²) in [5, 5.41) is 4.19. The Labute approximate surface area is 115 Å². The number of thioether (sulfide) groups is 1. The molecule has 1 aromatic carbocycles. The van der Waals surface area contributed by atoms with Crippen LogP contribution < -0.4 is 5.32 Å². The molecular formula is C15H24N2S. The lowest BCUT2D eigenvalue weighted by Gasteiger charge is -2.20. The molecule has 1 aromatic rings. The third-order valence-corrected chi connectivity index (χ3v) is 4.63. The Morgan fingerprint density at radius 1 is 1.33 bits per heavy atom. The average molecular weight is 264 g/mol. The van der Waals surface area contributed by atoms with Crippen molar-refractivity contribution in [2.45, 2.75) is 29.9 Å². The van der Waals surface area contributed by atoms with E-state index in [0.717, 1.165) is 24.9 Å². The van der Waals surface area contributed by atoms with Gasteiger partial charge in [-0.25, -0.2) is 0 Å². The number of rotatable bonds is 7. The van der Waals surface area contributed by atoms with Crippen LogP contribution in [0.15, 0.2) is 29.2 Å². The van der Waals surface area contributed by atoms with Crippen LogP contribution in [0.2, 0.25) is 0 Å². The predicted octanol–water partition coefficient (Wildman–Crippen LogP) is 2.63. The van der Waals surface area contributed by atoms with Gasteiger partial charge in [0.05, 0.1) is 0 Å². The Balaban J connectivity index is 1.69. The number of nitrogens with zero attached hydrogens (tertiary/aromatic N) is 1. The first kappa shape index (κ1) is 13.9. The van der Waals surface area contributed by atoms with E-state index in [4.69, 9.17) is 0 Å². The Kier molecular flexibility index (Phi) is 5.54. The Morgan fingerprint density at radius 2 is 2.17 bits per heavy atom. The summed E-state index contributed by atoms with van der Waals surface area (Å²) in [7, 11) is 2.23. The number of nitrogens with one attached hydrogen (secondary N) is 1. The maximum atomic E-state index is 3.46. The second-order valence-electron chi connectivity index (χ2n) is 5.06. The first-order valence-electron chi connectivity index (χ1n) is 6.93. The van der Waals surface area contributed by atoms with E-state index < -0.39 is 0 Å². The van der Waals surface area contributed by atoms with Crippen LogP contribution in [0.25, 0.3) is 0 Å². The summed E-state index contributed by atoms with van der Waals surface area (Å²) < 4.78 is 0. The van der Waals surface area contributed by atoms with Gasteiger partial charge >= 0.3 is 0 Å². The van der Waals surface area contributed by atoms with E-state index in [1.807, 2.05) is 11.8 Å². The second kappa shape index (κ2) is 7.17. The SMILES string of the molecule is CCCNCCN(C)CC1Cc2ccccc2S1. The summed E-state index contributed by atoms with van der Waals surface area (Å²) in [5.41, 5.74) is 1.53. The molecule has 0 radical (unpaired) electrons. The standard InChI is InChI=1S/C15H24N2S/c1-3-8-16-9-10-17(2)12-14-11-13-6-4-5-7-15(13)18-14/h4-7,14,16H,3,8-12H2,1-2H3. The fourth-order valence-corrected chi connectivity index (χ4v) is 3.78. The van der Waals surface area contributed by atoms with Crippen molar-refractivity contribution in [3.63, 3.8) is 0 Å². The van der Waals surface area contributed by atoms with Crippen molar-refractivity contribution in [3.05, 3.63) is 29.8 Å². The van der Waals surface area contributed by atoms with Gasteiger partial charge in [0.15, 0.2) is 0 Å². The quantitative estimate of drug-likeness (QED) is 0.762. The zero-order valence-electron chi connectivity index (χ0n) is 11.5. The molecule has 0 fully saturated rings. The highest BCUT2D eigenvalue weighted by molar-refractivity contribution is 8.00. The van der Waals surface area contributed by atoms with E-state index in [1.165, 1.54) is 29.8 Å². The van der Waals surface area contributed by atoms with Gasteiger partial charge in [-0.3, -0.25) is 0 Å². The second-order valence-corrected chi connectivity index (χ2v) is 6.41. The van der Waals surface area contributed by atoms with Gasteiger partial charge < -0.3 is 10.2 Å². The molecule has 1 atom stereocenters. The summed E-state index contributed by atoms with van der Waals surface area (Å²) in [4.78, 5) is 3.94. The average Bonchev–Trinajstić information content (AvgIpc) is 2.76. The highest BCUT2D eigenvalue weighted by Crippen LogP contribution is 2.36. The molecule has 1 aliphatic heterocycles. The summed E-state index contributed by atoms with van der Waals surface area (Å²) in [5.74, 6) is 0. The van der Waals surface area contributed by atoms with Crippen LogP contribution in [0, 0.1) is 0 Å². The van der Waals surface area contributed by atoms with Crippen molar-refractivity contribution >= 4 is 11.8 Å². The molecule has 0 amide bonds. The minimum Gasteiger partial charge on any atom is -0.315 e. The largest absolute Gasteiger partial charge is 0.315 e. The van der Waals surface area contributed by atoms with Crippen LogP contribution in [0.4, 0.5) is 0 Å². The number of fused-ring (bicyclic) bond motifs is 1. The number of hydrogen-bond acceptors (Lipinski definition) is 3. The molecule has 0 saturated carbocycles. The van der Waals surface area contributed by atoms with Gasteiger partial charge in [-0.05, 0) is 38.1 Å². The molecule has 0 spiro atoms. The van der Waals surface area contributed by atoms with E-state index in [-0.39, 0.29) is 0 Å². The topological polar surface area (TPSA) is 15.3 Å². The van der Waals surface area contributed by atoms with Gasteiger partial charge in [0.2, 0.25) is 0 Å². The van der Waals surface area contributed by atoms with Gasteiger partial charge in [0.25, 0.3) is 0 Å². The van der Waals surface area contributed by atoms with E-state index >= 15 is 0 Å². The minimum atomic E-state index is 0.735. The fourth-order valence-electron chi connectivity index (χ4n) is 2.37. The van der Waals surface area contributed by atoms with E-state index in [2.05, 4.69) is 48.5 Å². The van der Waals surface area contributed by atoms with Crippen molar-refractivity contribution in [2.24, 2.45) is 0 Å². The van der Waals surface area contributed by atoms with Crippen LogP contribution in [-0.4, -0.2) is 43.4 Å². The fraction of sp³-hybridized carbons (Fsp3) is 0.600.